The topological polar surface area (TPSA) is 66.2 Å². The lowest BCUT2D eigenvalue weighted by Gasteiger charge is -2.07. The van der Waals surface area contributed by atoms with E-state index in [9.17, 15) is 13.6 Å². The van der Waals surface area contributed by atoms with E-state index >= 15 is 0 Å². The Hall–Kier alpha value is -1.93. The highest BCUT2D eigenvalue weighted by molar-refractivity contribution is 6.35. The van der Waals surface area contributed by atoms with Crippen LogP contribution in [0, 0.1) is 0 Å². The van der Waals surface area contributed by atoms with E-state index in [-0.39, 0.29) is 34.0 Å². The van der Waals surface area contributed by atoms with Gasteiger partial charge in [0.15, 0.2) is 18.1 Å². The molecule has 2 aromatic heterocycles. The van der Waals surface area contributed by atoms with Gasteiger partial charge in [-0.1, -0.05) is 23.2 Å². The minimum Gasteiger partial charge on any atom is -0.471 e. The Morgan fingerprint density at radius 2 is 2.13 bits per heavy atom. The fourth-order valence-electron chi connectivity index (χ4n) is 1.65. The number of carbonyl (C=O) groups excluding carboxylic acids is 1. The number of nitrogens with zero attached hydrogens (tertiary/aromatic N) is 3. The van der Waals surface area contributed by atoms with Gasteiger partial charge in [-0.25, -0.2) is 23.2 Å². The summed E-state index contributed by atoms with van der Waals surface area (Å²) in [5.41, 5.74) is -0.0622. The number of pyridine rings is 1. The Morgan fingerprint density at radius 3 is 2.74 bits per heavy atom. The summed E-state index contributed by atoms with van der Waals surface area (Å²) in [6, 6.07) is 2.58. The third-order valence-electron chi connectivity index (χ3n) is 2.52. The maximum Gasteiger partial charge on any atom is 0.357 e. The molecule has 2 aromatic rings. The molecular weight excluding hydrogens is 355 g/mol. The number of hydrogen-bond acceptors (Lipinski definition) is 5. The van der Waals surface area contributed by atoms with E-state index in [1.165, 1.54) is 18.3 Å². The van der Waals surface area contributed by atoms with Crippen molar-refractivity contribution in [2.45, 2.75) is 13.3 Å². The summed E-state index contributed by atoms with van der Waals surface area (Å²) in [5.74, 6) is -0.813. The van der Waals surface area contributed by atoms with Crippen LogP contribution < -0.4 is 4.74 Å². The zero-order valence-corrected chi connectivity index (χ0v) is 13.3. The van der Waals surface area contributed by atoms with Crippen LogP contribution in [0.1, 0.15) is 17.4 Å². The molecule has 124 valence electrons. The van der Waals surface area contributed by atoms with Crippen LogP contribution in [0.15, 0.2) is 18.3 Å². The van der Waals surface area contributed by atoms with Gasteiger partial charge in [0.05, 0.1) is 16.7 Å². The summed E-state index contributed by atoms with van der Waals surface area (Å²) in [5, 5.41) is 4.32. The van der Waals surface area contributed by atoms with E-state index in [0.29, 0.717) is 0 Å². The lowest BCUT2D eigenvalue weighted by atomic mass is 10.4. The first-order chi connectivity index (χ1) is 10.9. The molecule has 0 atom stereocenters. The van der Waals surface area contributed by atoms with Gasteiger partial charge in [-0.2, -0.15) is 0 Å². The molecule has 0 aliphatic carbocycles. The van der Waals surface area contributed by atoms with Crippen LogP contribution in [-0.4, -0.2) is 40.4 Å². The van der Waals surface area contributed by atoms with Crippen molar-refractivity contribution in [1.29, 1.82) is 0 Å². The van der Waals surface area contributed by atoms with Crippen molar-refractivity contribution in [2.75, 3.05) is 13.2 Å². The van der Waals surface area contributed by atoms with Gasteiger partial charge in [0, 0.05) is 12.3 Å². The van der Waals surface area contributed by atoms with E-state index < -0.39 is 19.0 Å². The molecular formula is C13H11Cl2F2N3O3. The van der Waals surface area contributed by atoms with Crippen LogP contribution in [0.2, 0.25) is 10.0 Å². The SMILES string of the molecule is CCOC(=O)c1cc(OCC(F)F)nn1-c1ncc(Cl)cc1Cl. The van der Waals surface area contributed by atoms with Crippen LogP contribution in [-0.2, 0) is 4.74 Å². The van der Waals surface area contributed by atoms with Crippen LogP contribution in [0.4, 0.5) is 8.78 Å². The highest BCUT2D eigenvalue weighted by atomic mass is 35.5. The van der Waals surface area contributed by atoms with E-state index in [1.54, 1.807) is 6.92 Å². The van der Waals surface area contributed by atoms with Crippen molar-refractivity contribution >= 4 is 29.2 Å². The number of carbonyl (C=O) groups is 1. The zero-order chi connectivity index (χ0) is 17.0. The third-order valence-corrected chi connectivity index (χ3v) is 3.00. The second-order valence-electron chi connectivity index (χ2n) is 4.16. The predicted octanol–water partition coefficient (Wildman–Crippen LogP) is 3.39. The van der Waals surface area contributed by atoms with Crippen molar-refractivity contribution in [2.24, 2.45) is 0 Å². The van der Waals surface area contributed by atoms with E-state index in [2.05, 4.69) is 10.1 Å². The maximum atomic E-state index is 12.2. The molecule has 2 rings (SSSR count). The normalized spacial score (nSPS) is 10.9. The molecule has 0 saturated carbocycles. The molecule has 0 radical (unpaired) electrons. The summed E-state index contributed by atoms with van der Waals surface area (Å²) in [6.07, 6.45) is -1.37. The van der Waals surface area contributed by atoms with Crippen molar-refractivity contribution < 1.29 is 23.0 Å². The molecule has 0 spiro atoms. The Morgan fingerprint density at radius 1 is 1.39 bits per heavy atom. The molecule has 0 bridgehead atoms. The summed E-state index contributed by atoms with van der Waals surface area (Å²) >= 11 is 11.8. The molecule has 0 aromatic carbocycles. The fraction of sp³-hybridized carbons (Fsp3) is 0.308. The van der Waals surface area contributed by atoms with Gasteiger partial charge >= 0.3 is 5.97 Å². The lowest BCUT2D eigenvalue weighted by molar-refractivity contribution is 0.0515. The highest BCUT2D eigenvalue weighted by Gasteiger charge is 2.21. The number of aromatic nitrogens is 3. The van der Waals surface area contributed by atoms with Crippen molar-refractivity contribution in [3.8, 4) is 11.7 Å². The van der Waals surface area contributed by atoms with Crippen LogP contribution in [0.5, 0.6) is 5.88 Å². The van der Waals surface area contributed by atoms with Gasteiger partial charge in [0.1, 0.15) is 0 Å². The second-order valence-corrected chi connectivity index (χ2v) is 5.00. The number of esters is 1. The van der Waals surface area contributed by atoms with Crippen LogP contribution in [0.3, 0.4) is 0 Å². The molecule has 0 aliphatic rings. The molecule has 0 saturated heterocycles. The number of ether oxygens (including phenoxy) is 2. The predicted molar refractivity (Wildman–Crippen MR) is 78.8 cm³/mol. The molecule has 0 amide bonds. The minimum absolute atomic E-state index is 0.0622. The summed E-state index contributed by atoms with van der Waals surface area (Å²) in [7, 11) is 0. The first-order valence-electron chi connectivity index (χ1n) is 6.42. The van der Waals surface area contributed by atoms with Gasteiger partial charge in [-0.05, 0) is 13.0 Å². The number of rotatable bonds is 6. The summed E-state index contributed by atoms with van der Waals surface area (Å²) in [6.45, 7) is 0.889. The van der Waals surface area contributed by atoms with Gasteiger partial charge < -0.3 is 9.47 Å². The largest absolute Gasteiger partial charge is 0.471 e. The Bertz CT molecular complexity index is 710. The highest BCUT2D eigenvalue weighted by Crippen LogP contribution is 2.25. The first-order valence-corrected chi connectivity index (χ1v) is 7.17. The Balaban J connectivity index is 2.44. The zero-order valence-electron chi connectivity index (χ0n) is 11.8. The van der Waals surface area contributed by atoms with Gasteiger partial charge in [0.25, 0.3) is 6.43 Å². The average molecular weight is 366 g/mol. The van der Waals surface area contributed by atoms with Crippen molar-refractivity contribution in [3.63, 3.8) is 0 Å². The smallest absolute Gasteiger partial charge is 0.357 e. The van der Waals surface area contributed by atoms with Crippen LogP contribution >= 0.6 is 23.2 Å². The standard InChI is InChI=1S/C13H11Cl2F2N3O3/c1-2-22-13(21)9-4-11(23-6-10(16)17)19-20(9)12-8(15)3-7(14)5-18-12/h3-5,10H,2,6H2,1H3. The summed E-state index contributed by atoms with van der Waals surface area (Å²) < 4.78 is 35.2. The number of halogens is 4. The van der Waals surface area contributed by atoms with Gasteiger partial charge in [0.2, 0.25) is 5.88 Å². The molecule has 0 aliphatic heterocycles. The molecule has 23 heavy (non-hydrogen) atoms. The molecule has 2 heterocycles. The monoisotopic (exact) mass is 365 g/mol. The Labute approximate surface area is 139 Å². The molecule has 10 heteroatoms. The maximum absolute atomic E-state index is 12.2. The molecule has 0 fully saturated rings. The van der Waals surface area contributed by atoms with Crippen molar-refractivity contribution in [3.05, 3.63) is 34.1 Å². The quantitative estimate of drug-likeness (QED) is 0.734. The van der Waals surface area contributed by atoms with Crippen molar-refractivity contribution in [1.82, 2.24) is 14.8 Å². The second kappa shape index (κ2) is 7.56. The van der Waals surface area contributed by atoms with E-state index in [4.69, 9.17) is 32.7 Å². The minimum atomic E-state index is -2.68. The van der Waals surface area contributed by atoms with Crippen LogP contribution in [0.25, 0.3) is 5.82 Å². The molecule has 0 unspecified atom stereocenters. The number of hydrogen-bond donors (Lipinski definition) is 0. The molecule has 0 N–H and O–H groups in total. The van der Waals surface area contributed by atoms with E-state index in [1.807, 2.05) is 0 Å². The lowest BCUT2D eigenvalue weighted by Crippen LogP contribution is -2.13. The molecule has 6 nitrogen and oxygen atoms in total. The third kappa shape index (κ3) is 4.29. The van der Waals surface area contributed by atoms with Gasteiger partial charge in [-0.15, -0.1) is 5.10 Å². The Kier molecular flexibility index (Phi) is 5.73. The van der Waals surface area contributed by atoms with Gasteiger partial charge in [-0.3, -0.25) is 0 Å². The number of alkyl halides is 2. The fourth-order valence-corrected chi connectivity index (χ4v) is 2.11. The average Bonchev–Trinajstić information content (AvgIpc) is 2.89. The van der Waals surface area contributed by atoms with E-state index in [0.717, 1.165) is 4.68 Å². The first kappa shape index (κ1) is 17.4. The summed E-state index contributed by atoms with van der Waals surface area (Å²) in [4.78, 5) is 16.0.